The molecule has 35 heavy (non-hydrogen) atoms. The van der Waals surface area contributed by atoms with Gasteiger partial charge in [0.1, 0.15) is 12.6 Å². The van der Waals surface area contributed by atoms with Crippen LogP contribution in [0.2, 0.25) is 0 Å². The van der Waals surface area contributed by atoms with Gasteiger partial charge in [-0.2, -0.15) is 0 Å². The van der Waals surface area contributed by atoms with E-state index in [0.29, 0.717) is 12.0 Å². The number of amides is 2. The molecule has 2 aromatic carbocycles. The molecule has 0 bridgehead atoms. The van der Waals surface area contributed by atoms with Gasteiger partial charge in [-0.1, -0.05) is 49.4 Å². The summed E-state index contributed by atoms with van der Waals surface area (Å²) in [6.07, 6.45) is 2.26. The minimum Gasteiger partial charge on any atom is -0.352 e. The lowest BCUT2D eigenvalue weighted by atomic mass is 10.1. The predicted molar refractivity (Wildman–Crippen MR) is 138 cm³/mol. The molecule has 0 unspecified atom stereocenters. The predicted octanol–water partition coefficient (Wildman–Crippen LogP) is 3.03. The monoisotopic (exact) mass is 501 g/mol. The van der Waals surface area contributed by atoms with Gasteiger partial charge in [0, 0.05) is 18.2 Å². The van der Waals surface area contributed by atoms with E-state index in [0.717, 1.165) is 22.5 Å². The van der Waals surface area contributed by atoms with Crippen LogP contribution in [0.4, 0.5) is 5.69 Å². The lowest BCUT2D eigenvalue weighted by molar-refractivity contribution is -0.139. The highest BCUT2D eigenvalue weighted by Gasteiger charge is 2.30. The molecule has 0 saturated carbocycles. The number of hydrogen-bond donors (Lipinski definition) is 1. The first-order chi connectivity index (χ1) is 16.4. The molecule has 0 aliphatic heterocycles. The minimum atomic E-state index is -3.85. The summed E-state index contributed by atoms with van der Waals surface area (Å²) in [7, 11) is -3.85. The van der Waals surface area contributed by atoms with Crippen molar-refractivity contribution in [2.45, 2.75) is 52.6 Å². The van der Waals surface area contributed by atoms with Crippen LogP contribution in [0.3, 0.4) is 0 Å². The van der Waals surface area contributed by atoms with E-state index in [1.54, 1.807) is 19.1 Å². The molecule has 8 nitrogen and oxygen atoms in total. The Morgan fingerprint density at radius 1 is 1.00 bits per heavy atom. The molecule has 2 amide bonds. The highest BCUT2D eigenvalue weighted by molar-refractivity contribution is 7.92. The number of carbonyl (C=O) groups is 3. The number of nitrogens with one attached hydrogen (secondary N) is 1. The average Bonchev–Trinajstić information content (AvgIpc) is 2.82. The first-order valence-electron chi connectivity index (χ1n) is 11.7. The average molecular weight is 502 g/mol. The van der Waals surface area contributed by atoms with Crippen molar-refractivity contribution < 1.29 is 22.8 Å². The first-order valence-corrected chi connectivity index (χ1v) is 13.5. The van der Waals surface area contributed by atoms with Gasteiger partial charge in [0.2, 0.25) is 21.8 Å². The highest BCUT2D eigenvalue weighted by atomic mass is 32.2. The van der Waals surface area contributed by atoms with Gasteiger partial charge in [-0.15, -0.1) is 0 Å². The van der Waals surface area contributed by atoms with Crippen LogP contribution in [0.15, 0.2) is 54.6 Å². The molecule has 2 rings (SSSR count). The smallest absolute Gasteiger partial charge is 0.244 e. The van der Waals surface area contributed by atoms with Crippen molar-refractivity contribution in [1.82, 2.24) is 10.2 Å². The number of hydrogen-bond acceptors (Lipinski definition) is 5. The lowest BCUT2D eigenvalue weighted by Crippen LogP contribution is -2.53. The number of rotatable bonds is 12. The van der Waals surface area contributed by atoms with Crippen molar-refractivity contribution in [1.29, 1.82) is 0 Å². The van der Waals surface area contributed by atoms with Crippen molar-refractivity contribution in [3.63, 3.8) is 0 Å². The zero-order valence-electron chi connectivity index (χ0n) is 21.0. The van der Waals surface area contributed by atoms with E-state index in [9.17, 15) is 22.8 Å². The highest BCUT2D eigenvalue weighted by Crippen LogP contribution is 2.20. The molecule has 0 aliphatic rings. The molecule has 2 aromatic rings. The SMILES string of the molecule is CC[C@H](C)NC(=O)[C@@H](C)N(CCc1ccccc1)C(=O)CN(c1cccc(C(C)=O)c1)S(C)(=O)=O. The van der Waals surface area contributed by atoms with E-state index in [1.807, 2.05) is 44.2 Å². The maximum atomic E-state index is 13.5. The molecular weight excluding hydrogens is 466 g/mol. The first kappa shape index (κ1) is 28.0. The maximum Gasteiger partial charge on any atom is 0.244 e. The van der Waals surface area contributed by atoms with Crippen LogP contribution in [0, 0.1) is 0 Å². The molecule has 0 radical (unpaired) electrons. The summed E-state index contributed by atoms with van der Waals surface area (Å²) in [6, 6.07) is 14.8. The van der Waals surface area contributed by atoms with Gasteiger partial charge in [0.15, 0.2) is 5.78 Å². The number of Topliss-reactive ketones (excluding diaryl/α,β-unsaturated/α-hetero) is 1. The third kappa shape index (κ3) is 8.20. The summed E-state index contributed by atoms with van der Waals surface area (Å²) in [6.45, 7) is 6.61. The Morgan fingerprint density at radius 3 is 2.23 bits per heavy atom. The van der Waals surface area contributed by atoms with Gasteiger partial charge in [0.25, 0.3) is 0 Å². The molecule has 0 spiro atoms. The van der Waals surface area contributed by atoms with Crippen LogP contribution in [-0.2, 0) is 26.0 Å². The van der Waals surface area contributed by atoms with Gasteiger partial charge in [0.05, 0.1) is 11.9 Å². The summed E-state index contributed by atoms with van der Waals surface area (Å²) in [5.41, 5.74) is 1.55. The summed E-state index contributed by atoms with van der Waals surface area (Å²) in [4.78, 5) is 39.6. The number of sulfonamides is 1. The Balaban J connectivity index is 2.35. The fraction of sp³-hybridized carbons (Fsp3) is 0.423. The molecule has 0 fully saturated rings. The topological polar surface area (TPSA) is 104 Å². The van der Waals surface area contributed by atoms with E-state index in [2.05, 4.69) is 5.32 Å². The van der Waals surface area contributed by atoms with Gasteiger partial charge in [-0.05, 0) is 51.3 Å². The van der Waals surface area contributed by atoms with Crippen molar-refractivity contribution in [3.8, 4) is 0 Å². The van der Waals surface area contributed by atoms with Gasteiger partial charge < -0.3 is 10.2 Å². The number of anilines is 1. The Morgan fingerprint density at radius 2 is 1.66 bits per heavy atom. The van der Waals surface area contributed by atoms with E-state index in [-0.39, 0.29) is 30.0 Å². The molecule has 0 saturated heterocycles. The van der Waals surface area contributed by atoms with E-state index >= 15 is 0 Å². The zero-order chi connectivity index (χ0) is 26.2. The number of nitrogens with zero attached hydrogens (tertiary/aromatic N) is 2. The molecule has 0 heterocycles. The van der Waals surface area contributed by atoms with Crippen molar-refractivity contribution in [2.75, 3.05) is 23.7 Å². The maximum absolute atomic E-state index is 13.5. The number of benzene rings is 2. The van der Waals surface area contributed by atoms with Crippen LogP contribution in [0.5, 0.6) is 0 Å². The molecule has 0 aliphatic carbocycles. The molecule has 0 aromatic heterocycles. The summed E-state index contributed by atoms with van der Waals surface area (Å²) < 4.78 is 26.2. The van der Waals surface area contributed by atoms with Crippen LogP contribution in [0.1, 0.15) is 50.0 Å². The lowest BCUT2D eigenvalue weighted by Gasteiger charge is -2.32. The Hall–Kier alpha value is -3.20. The quantitative estimate of drug-likeness (QED) is 0.450. The third-order valence-corrected chi connectivity index (χ3v) is 7.01. The standard InChI is InChI=1S/C26H35N3O5S/c1-6-19(2)27-26(32)20(3)28(16-15-22-11-8-7-9-12-22)25(31)18-29(35(5,33)34)24-14-10-13-23(17-24)21(4)30/h7-14,17,19-20H,6,15-16,18H2,1-5H3,(H,27,32)/t19-,20+/m0/s1. The van der Waals surface area contributed by atoms with Crippen molar-refractivity contribution in [2.24, 2.45) is 0 Å². The number of carbonyl (C=O) groups excluding carboxylic acids is 3. The summed E-state index contributed by atoms with van der Waals surface area (Å²) in [5.74, 6) is -1.02. The van der Waals surface area contributed by atoms with Gasteiger partial charge in [-0.25, -0.2) is 8.42 Å². The minimum absolute atomic E-state index is 0.0575. The molecule has 1 N–H and O–H groups in total. The van der Waals surface area contributed by atoms with Gasteiger partial charge >= 0.3 is 0 Å². The number of ketones is 1. The van der Waals surface area contributed by atoms with E-state index in [1.165, 1.54) is 24.0 Å². The third-order valence-electron chi connectivity index (χ3n) is 5.87. The normalized spacial score (nSPS) is 12.9. The van der Waals surface area contributed by atoms with E-state index < -0.39 is 28.5 Å². The fourth-order valence-corrected chi connectivity index (χ4v) is 4.37. The molecular formula is C26H35N3O5S. The second-order valence-electron chi connectivity index (χ2n) is 8.69. The second kappa shape index (κ2) is 12.5. The Labute approximate surface area is 208 Å². The van der Waals surface area contributed by atoms with Crippen molar-refractivity contribution >= 4 is 33.3 Å². The fourth-order valence-electron chi connectivity index (χ4n) is 3.53. The molecule has 9 heteroatoms. The summed E-state index contributed by atoms with van der Waals surface area (Å²) >= 11 is 0. The van der Waals surface area contributed by atoms with E-state index in [4.69, 9.17) is 0 Å². The second-order valence-corrected chi connectivity index (χ2v) is 10.6. The van der Waals surface area contributed by atoms with Crippen molar-refractivity contribution in [3.05, 3.63) is 65.7 Å². The molecule has 2 atom stereocenters. The Bertz CT molecular complexity index is 1130. The van der Waals surface area contributed by atoms with Crippen LogP contribution in [0.25, 0.3) is 0 Å². The van der Waals surface area contributed by atoms with Gasteiger partial charge in [-0.3, -0.25) is 18.7 Å². The van der Waals surface area contributed by atoms with Crippen LogP contribution in [-0.4, -0.2) is 62.3 Å². The largest absolute Gasteiger partial charge is 0.352 e. The summed E-state index contributed by atoms with van der Waals surface area (Å²) in [5, 5.41) is 2.90. The zero-order valence-corrected chi connectivity index (χ0v) is 21.8. The molecule has 190 valence electrons. The Kier molecular flexibility index (Phi) is 10.0. The van der Waals surface area contributed by atoms with Crippen LogP contribution < -0.4 is 9.62 Å². The van der Waals surface area contributed by atoms with Crippen LogP contribution >= 0.6 is 0 Å².